The predicted molar refractivity (Wildman–Crippen MR) is 73.0 cm³/mol. The molecule has 2 aliphatic rings. The van der Waals surface area contributed by atoms with E-state index in [1.54, 1.807) is 0 Å². The summed E-state index contributed by atoms with van der Waals surface area (Å²) in [6.07, 6.45) is 13.7. The molecule has 0 aromatic carbocycles. The number of ether oxygens (including phenoxy) is 1. The summed E-state index contributed by atoms with van der Waals surface area (Å²) in [5, 5.41) is 0. The minimum Gasteiger partial charge on any atom is -0.377 e. The summed E-state index contributed by atoms with van der Waals surface area (Å²) in [6, 6.07) is 0. The third-order valence-electron chi connectivity index (χ3n) is 4.79. The summed E-state index contributed by atoms with van der Waals surface area (Å²) in [7, 11) is 0. The second kappa shape index (κ2) is 6.58. The maximum atomic E-state index is 6.04. The lowest BCUT2D eigenvalue weighted by Crippen LogP contribution is -2.33. The van der Waals surface area contributed by atoms with Crippen molar-refractivity contribution >= 4 is 0 Å². The summed E-state index contributed by atoms with van der Waals surface area (Å²) < 4.78 is 6.04. The normalized spacial score (nSPS) is 38.9. The van der Waals surface area contributed by atoms with Crippen LogP contribution in [0.3, 0.4) is 0 Å². The SMILES string of the molecule is C=CC1CC[C@@H](C2CCC(CCC)CC2)OC1. The smallest absolute Gasteiger partial charge is 0.0603 e. The molecular weight excluding hydrogens is 208 g/mol. The summed E-state index contributed by atoms with van der Waals surface area (Å²) in [5.41, 5.74) is 0. The molecule has 1 aliphatic carbocycles. The van der Waals surface area contributed by atoms with Crippen molar-refractivity contribution in [3.05, 3.63) is 12.7 Å². The maximum absolute atomic E-state index is 6.04. The van der Waals surface area contributed by atoms with Crippen LogP contribution >= 0.6 is 0 Å². The Morgan fingerprint density at radius 2 is 1.88 bits per heavy atom. The van der Waals surface area contributed by atoms with Gasteiger partial charge in [0.25, 0.3) is 0 Å². The van der Waals surface area contributed by atoms with Gasteiger partial charge in [0.15, 0.2) is 0 Å². The molecule has 2 fully saturated rings. The minimum atomic E-state index is 0.564. The van der Waals surface area contributed by atoms with Gasteiger partial charge in [-0.2, -0.15) is 0 Å². The highest BCUT2D eigenvalue weighted by atomic mass is 16.5. The van der Waals surface area contributed by atoms with E-state index in [-0.39, 0.29) is 0 Å². The molecule has 1 aliphatic heterocycles. The molecule has 0 aromatic rings. The molecule has 0 spiro atoms. The first-order chi connectivity index (χ1) is 8.33. The molecular formula is C16H28O. The molecule has 0 N–H and O–H groups in total. The van der Waals surface area contributed by atoms with E-state index in [1.165, 1.54) is 51.4 Å². The molecule has 0 bridgehead atoms. The van der Waals surface area contributed by atoms with Crippen molar-refractivity contribution in [3.8, 4) is 0 Å². The van der Waals surface area contributed by atoms with Crippen LogP contribution in [0.1, 0.15) is 58.3 Å². The van der Waals surface area contributed by atoms with Crippen LogP contribution in [-0.4, -0.2) is 12.7 Å². The first kappa shape index (κ1) is 13.1. The largest absolute Gasteiger partial charge is 0.377 e. The standard InChI is InChI=1S/C16H28O/c1-3-5-14-6-9-15(10-7-14)16-11-8-13(4-2)12-17-16/h4,13-16H,2-3,5-12H2,1H3/t13?,14?,15?,16-/m0/s1. The Morgan fingerprint density at radius 1 is 1.12 bits per heavy atom. The van der Waals surface area contributed by atoms with Crippen LogP contribution in [0.25, 0.3) is 0 Å². The van der Waals surface area contributed by atoms with E-state index in [0.717, 1.165) is 18.4 Å². The molecule has 2 rings (SSSR count). The Kier molecular flexibility index (Phi) is 5.09. The molecule has 17 heavy (non-hydrogen) atoms. The van der Waals surface area contributed by atoms with E-state index in [0.29, 0.717) is 12.0 Å². The highest BCUT2D eigenvalue weighted by Gasteiger charge is 2.30. The van der Waals surface area contributed by atoms with E-state index in [1.807, 2.05) is 0 Å². The van der Waals surface area contributed by atoms with Crippen molar-refractivity contribution in [2.75, 3.05) is 6.61 Å². The van der Waals surface area contributed by atoms with Gasteiger partial charge in [-0.15, -0.1) is 6.58 Å². The molecule has 1 heteroatoms. The van der Waals surface area contributed by atoms with Gasteiger partial charge in [0.05, 0.1) is 12.7 Å². The lowest BCUT2D eigenvalue weighted by atomic mass is 9.76. The van der Waals surface area contributed by atoms with Crippen molar-refractivity contribution in [3.63, 3.8) is 0 Å². The van der Waals surface area contributed by atoms with E-state index in [9.17, 15) is 0 Å². The van der Waals surface area contributed by atoms with Crippen LogP contribution < -0.4 is 0 Å². The maximum Gasteiger partial charge on any atom is 0.0603 e. The van der Waals surface area contributed by atoms with Gasteiger partial charge in [-0.25, -0.2) is 0 Å². The second-order valence-electron chi connectivity index (χ2n) is 6.01. The summed E-state index contributed by atoms with van der Waals surface area (Å²) in [5.74, 6) is 2.48. The third-order valence-corrected chi connectivity index (χ3v) is 4.79. The third kappa shape index (κ3) is 3.58. The molecule has 98 valence electrons. The molecule has 1 heterocycles. The fraction of sp³-hybridized carbons (Fsp3) is 0.875. The fourth-order valence-electron chi connectivity index (χ4n) is 3.61. The molecule has 2 atom stereocenters. The number of hydrogen-bond donors (Lipinski definition) is 0. The van der Waals surface area contributed by atoms with Gasteiger partial charge >= 0.3 is 0 Å². The summed E-state index contributed by atoms with van der Waals surface area (Å²) in [4.78, 5) is 0. The van der Waals surface area contributed by atoms with Crippen molar-refractivity contribution in [2.24, 2.45) is 17.8 Å². The first-order valence-corrected chi connectivity index (χ1v) is 7.57. The van der Waals surface area contributed by atoms with Crippen molar-refractivity contribution in [1.29, 1.82) is 0 Å². The highest BCUT2D eigenvalue weighted by Crippen LogP contribution is 2.37. The quantitative estimate of drug-likeness (QED) is 0.649. The monoisotopic (exact) mass is 236 g/mol. The Hall–Kier alpha value is -0.300. The van der Waals surface area contributed by atoms with Crippen molar-refractivity contribution in [1.82, 2.24) is 0 Å². The lowest BCUT2D eigenvalue weighted by Gasteiger charge is -2.37. The van der Waals surface area contributed by atoms with Gasteiger partial charge in [0.2, 0.25) is 0 Å². The minimum absolute atomic E-state index is 0.564. The average molecular weight is 236 g/mol. The van der Waals surface area contributed by atoms with Crippen LogP contribution in [0.15, 0.2) is 12.7 Å². The van der Waals surface area contributed by atoms with Crippen molar-refractivity contribution in [2.45, 2.75) is 64.4 Å². The molecule has 1 nitrogen and oxygen atoms in total. The van der Waals surface area contributed by atoms with Crippen LogP contribution in [0.5, 0.6) is 0 Å². The molecule has 1 saturated carbocycles. The Labute approximate surface area is 107 Å². The molecule has 1 saturated heterocycles. The Balaban J connectivity index is 1.72. The van der Waals surface area contributed by atoms with Crippen LogP contribution in [0, 0.1) is 17.8 Å². The van der Waals surface area contributed by atoms with Crippen molar-refractivity contribution < 1.29 is 4.74 Å². The predicted octanol–water partition coefficient (Wildman–Crippen LogP) is 4.57. The number of rotatable bonds is 4. The van der Waals surface area contributed by atoms with Gasteiger partial charge in [0, 0.05) is 5.92 Å². The van der Waals surface area contributed by atoms with Crippen LogP contribution in [0.4, 0.5) is 0 Å². The second-order valence-corrected chi connectivity index (χ2v) is 6.01. The molecule has 0 amide bonds. The van der Waals surface area contributed by atoms with Gasteiger partial charge in [0.1, 0.15) is 0 Å². The van der Waals surface area contributed by atoms with E-state index < -0.39 is 0 Å². The van der Waals surface area contributed by atoms with Gasteiger partial charge in [-0.3, -0.25) is 0 Å². The Bertz CT molecular complexity index is 220. The topological polar surface area (TPSA) is 9.23 Å². The first-order valence-electron chi connectivity index (χ1n) is 7.57. The van der Waals surface area contributed by atoms with Gasteiger partial charge in [-0.1, -0.05) is 38.7 Å². The number of hydrogen-bond acceptors (Lipinski definition) is 1. The van der Waals surface area contributed by atoms with E-state index in [4.69, 9.17) is 4.74 Å². The van der Waals surface area contributed by atoms with E-state index >= 15 is 0 Å². The van der Waals surface area contributed by atoms with Gasteiger partial charge < -0.3 is 4.74 Å². The van der Waals surface area contributed by atoms with Crippen LogP contribution in [0.2, 0.25) is 0 Å². The fourth-order valence-corrected chi connectivity index (χ4v) is 3.61. The lowest BCUT2D eigenvalue weighted by molar-refractivity contribution is -0.0492. The Morgan fingerprint density at radius 3 is 2.41 bits per heavy atom. The molecule has 0 radical (unpaired) electrons. The average Bonchev–Trinajstić information content (AvgIpc) is 2.40. The summed E-state index contributed by atoms with van der Waals surface area (Å²) in [6.45, 7) is 7.10. The van der Waals surface area contributed by atoms with E-state index in [2.05, 4.69) is 19.6 Å². The summed E-state index contributed by atoms with van der Waals surface area (Å²) >= 11 is 0. The molecule has 1 unspecified atom stereocenters. The van der Waals surface area contributed by atoms with Gasteiger partial charge in [-0.05, 0) is 37.5 Å². The zero-order valence-electron chi connectivity index (χ0n) is 11.4. The zero-order valence-corrected chi connectivity index (χ0v) is 11.4. The zero-order chi connectivity index (χ0) is 12.1. The molecule has 0 aromatic heterocycles. The highest BCUT2D eigenvalue weighted by molar-refractivity contribution is 4.86. The van der Waals surface area contributed by atoms with Crippen LogP contribution in [-0.2, 0) is 4.74 Å².